The van der Waals surface area contributed by atoms with Crippen LogP contribution in [0.1, 0.15) is 34.6 Å². The van der Waals surface area contributed by atoms with Gasteiger partial charge in [-0.1, -0.05) is 0 Å². The molecule has 0 saturated carbocycles. The van der Waals surface area contributed by atoms with Crippen LogP contribution >= 0.6 is 0 Å². The molecule has 1 heterocycles. The van der Waals surface area contributed by atoms with Gasteiger partial charge in [-0.05, 0) is 34.6 Å². The van der Waals surface area contributed by atoms with Gasteiger partial charge in [0.1, 0.15) is 5.60 Å². The summed E-state index contributed by atoms with van der Waals surface area (Å²) in [6.45, 7) is 8.77. The predicted octanol–water partition coefficient (Wildman–Crippen LogP) is 1.11. The van der Waals surface area contributed by atoms with Crippen molar-refractivity contribution in [3.63, 3.8) is 0 Å². The Morgan fingerprint density at radius 2 is 1.95 bits per heavy atom. The summed E-state index contributed by atoms with van der Waals surface area (Å²) in [5.74, 6) is -0.593. The Morgan fingerprint density at radius 1 is 1.36 bits per heavy atom. The zero-order valence-electron chi connectivity index (χ0n) is 13.6. The number of nitrogens with one attached hydrogen (secondary N) is 1. The van der Waals surface area contributed by atoms with E-state index in [-0.39, 0.29) is 24.4 Å². The molecule has 0 fully saturated rings. The first-order valence-corrected chi connectivity index (χ1v) is 7.03. The van der Waals surface area contributed by atoms with Gasteiger partial charge in [-0.15, -0.1) is 0 Å². The smallest absolute Gasteiger partial charge is 0.411 e. The van der Waals surface area contributed by atoms with Gasteiger partial charge >= 0.3 is 18.1 Å². The van der Waals surface area contributed by atoms with E-state index in [1.165, 1.54) is 4.90 Å². The maximum Gasteiger partial charge on any atom is 0.411 e. The number of rotatable bonds is 3. The van der Waals surface area contributed by atoms with E-state index in [0.717, 1.165) is 0 Å². The van der Waals surface area contributed by atoms with Crippen molar-refractivity contribution >= 4 is 18.1 Å². The lowest BCUT2D eigenvalue weighted by Gasteiger charge is -2.27. The van der Waals surface area contributed by atoms with Gasteiger partial charge in [0.25, 0.3) is 0 Å². The fourth-order valence-corrected chi connectivity index (χ4v) is 2.10. The summed E-state index contributed by atoms with van der Waals surface area (Å²) in [6, 6.07) is -1.40. The summed E-state index contributed by atoms with van der Waals surface area (Å²) in [7, 11) is 0. The molecule has 0 saturated heterocycles. The van der Waals surface area contributed by atoms with Crippen molar-refractivity contribution in [2.45, 2.75) is 46.3 Å². The van der Waals surface area contributed by atoms with Gasteiger partial charge in [0.2, 0.25) is 0 Å². The lowest BCUT2D eigenvalue weighted by atomic mass is 10.1. The predicted molar refractivity (Wildman–Crippen MR) is 78.8 cm³/mol. The van der Waals surface area contributed by atoms with Gasteiger partial charge in [-0.2, -0.15) is 0 Å². The summed E-state index contributed by atoms with van der Waals surface area (Å²) >= 11 is 0. The van der Waals surface area contributed by atoms with Crippen LogP contribution in [0.4, 0.5) is 9.59 Å². The molecule has 3 N–H and O–H groups in total. The largest absolute Gasteiger partial charge is 0.463 e. The quantitative estimate of drug-likeness (QED) is 0.758. The van der Waals surface area contributed by atoms with Crippen LogP contribution in [0.5, 0.6) is 0 Å². The lowest BCUT2D eigenvalue weighted by molar-refractivity contribution is -0.138. The first kappa shape index (κ1) is 17.8. The molecule has 0 aromatic heterocycles. The van der Waals surface area contributed by atoms with Gasteiger partial charge in [-0.25, -0.2) is 14.4 Å². The van der Waals surface area contributed by atoms with Gasteiger partial charge < -0.3 is 20.5 Å². The average Bonchev–Trinajstić information content (AvgIpc) is 2.63. The van der Waals surface area contributed by atoms with E-state index in [4.69, 9.17) is 15.2 Å². The molecule has 1 aliphatic heterocycles. The van der Waals surface area contributed by atoms with Crippen LogP contribution in [0.2, 0.25) is 0 Å². The van der Waals surface area contributed by atoms with Crippen molar-refractivity contribution in [3.8, 4) is 0 Å². The fraction of sp³-hybridized carbons (Fsp3) is 0.643. The van der Waals surface area contributed by atoms with E-state index in [2.05, 4.69) is 5.32 Å². The van der Waals surface area contributed by atoms with Crippen LogP contribution in [0, 0.1) is 0 Å². The zero-order chi connectivity index (χ0) is 17.1. The topological polar surface area (TPSA) is 111 Å². The number of hydrogen-bond acceptors (Lipinski definition) is 5. The van der Waals surface area contributed by atoms with E-state index in [1.54, 1.807) is 34.6 Å². The summed E-state index contributed by atoms with van der Waals surface area (Å²) in [5.41, 5.74) is 4.89. The summed E-state index contributed by atoms with van der Waals surface area (Å²) in [6.07, 6.45) is -0.580. The minimum Gasteiger partial charge on any atom is -0.463 e. The Bertz CT molecular complexity index is 507. The maximum absolute atomic E-state index is 12.2. The zero-order valence-corrected chi connectivity index (χ0v) is 13.6. The SMILES string of the molecule is CCOC(=O)C1=C(NC(N)=O)CN(C(=O)OC(C)(C)C)C1C. The van der Waals surface area contributed by atoms with Crippen molar-refractivity contribution in [1.29, 1.82) is 0 Å². The van der Waals surface area contributed by atoms with Crippen molar-refractivity contribution in [2.24, 2.45) is 5.73 Å². The van der Waals surface area contributed by atoms with E-state index in [1.807, 2.05) is 0 Å². The highest BCUT2D eigenvalue weighted by Gasteiger charge is 2.39. The molecule has 1 aliphatic rings. The highest BCUT2D eigenvalue weighted by Crippen LogP contribution is 2.26. The van der Waals surface area contributed by atoms with E-state index in [0.29, 0.717) is 0 Å². The average molecular weight is 313 g/mol. The molecule has 0 aliphatic carbocycles. The number of nitrogens with two attached hydrogens (primary N) is 1. The summed E-state index contributed by atoms with van der Waals surface area (Å²) < 4.78 is 10.3. The van der Waals surface area contributed by atoms with Crippen molar-refractivity contribution in [3.05, 3.63) is 11.3 Å². The Morgan fingerprint density at radius 3 is 2.41 bits per heavy atom. The number of primary amides is 1. The first-order chi connectivity index (χ1) is 10.1. The first-order valence-electron chi connectivity index (χ1n) is 7.03. The molecule has 0 radical (unpaired) electrons. The molecule has 0 aromatic carbocycles. The molecule has 1 rings (SSSR count). The van der Waals surface area contributed by atoms with Gasteiger partial charge in [0.05, 0.1) is 30.5 Å². The van der Waals surface area contributed by atoms with Gasteiger partial charge in [0, 0.05) is 0 Å². The Balaban J connectivity index is 3.01. The summed E-state index contributed by atoms with van der Waals surface area (Å²) in [4.78, 5) is 36.7. The Kier molecular flexibility index (Phi) is 5.40. The van der Waals surface area contributed by atoms with E-state index < -0.39 is 29.7 Å². The van der Waals surface area contributed by atoms with E-state index >= 15 is 0 Å². The number of carbonyl (C=O) groups is 3. The maximum atomic E-state index is 12.2. The van der Waals surface area contributed by atoms with Crippen LogP contribution < -0.4 is 11.1 Å². The van der Waals surface area contributed by atoms with Crippen LogP contribution in [0.15, 0.2) is 11.3 Å². The number of urea groups is 1. The van der Waals surface area contributed by atoms with Gasteiger partial charge in [-0.3, -0.25) is 4.90 Å². The van der Waals surface area contributed by atoms with Crippen molar-refractivity contribution < 1.29 is 23.9 Å². The van der Waals surface area contributed by atoms with Crippen LogP contribution in [-0.2, 0) is 14.3 Å². The second-order valence-corrected chi connectivity index (χ2v) is 5.89. The molecule has 0 aromatic rings. The third-order valence-corrected chi connectivity index (χ3v) is 2.94. The minimum absolute atomic E-state index is 0.0210. The second kappa shape index (κ2) is 6.67. The minimum atomic E-state index is -0.810. The number of carbonyl (C=O) groups excluding carboxylic acids is 3. The third kappa shape index (κ3) is 4.37. The molecule has 22 heavy (non-hydrogen) atoms. The number of nitrogens with zero attached hydrogens (tertiary/aromatic N) is 1. The molecular weight excluding hydrogens is 290 g/mol. The number of amides is 3. The van der Waals surface area contributed by atoms with Crippen molar-refractivity contribution in [2.75, 3.05) is 13.2 Å². The van der Waals surface area contributed by atoms with E-state index in [9.17, 15) is 14.4 Å². The molecule has 0 bridgehead atoms. The normalized spacial score (nSPS) is 18.2. The molecular formula is C14H23N3O5. The molecule has 1 atom stereocenters. The monoisotopic (exact) mass is 313 g/mol. The number of esters is 1. The molecule has 3 amide bonds. The van der Waals surface area contributed by atoms with Crippen molar-refractivity contribution in [1.82, 2.24) is 10.2 Å². The Hall–Kier alpha value is -2.25. The Labute approximate surface area is 129 Å². The van der Waals surface area contributed by atoms with Crippen LogP contribution in [0.3, 0.4) is 0 Å². The molecule has 0 spiro atoms. The summed E-state index contributed by atoms with van der Waals surface area (Å²) in [5, 5.41) is 2.38. The number of hydrogen-bond donors (Lipinski definition) is 2. The highest BCUT2D eigenvalue weighted by atomic mass is 16.6. The molecule has 8 nitrogen and oxygen atoms in total. The second-order valence-electron chi connectivity index (χ2n) is 5.89. The van der Waals surface area contributed by atoms with Gasteiger partial charge in [0.15, 0.2) is 0 Å². The van der Waals surface area contributed by atoms with Crippen LogP contribution in [0.25, 0.3) is 0 Å². The lowest BCUT2D eigenvalue weighted by Crippen LogP contribution is -2.41. The fourth-order valence-electron chi connectivity index (χ4n) is 2.10. The van der Waals surface area contributed by atoms with Crippen LogP contribution in [-0.4, -0.2) is 47.8 Å². The third-order valence-electron chi connectivity index (χ3n) is 2.94. The molecule has 8 heteroatoms. The standard InChI is InChI=1S/C14H23N3O5/c1-6-21-11(18)10-8(2)17(7-9(10)16-12(15)19)13(20)22-14(3,4)5/h8H,6-7H2,1-5H3,(H3,15,16,19). The number of ether oxygens (including phenoxy) is 2. The molecule has 124 valence electrons. The molecule has 1 unspecified atom stereocenters. The highest BCUT2D eigenvalue weighted by molar-refractivity contribution is 5.94.